The van der Waals surface area contributed by atoms with Crippen LogP contribution in [0.15, 0.2) is 6.20 Å². The molecule has 0 aromatic carbocycles. The first-order valence-corrected chi connectivity index (χ1v) is 3.54. The molecule has 10 heavy (non-hydrogen) atoms. The topological polar surface area (TPSA) is 31.9 Å². The van der Waals surface area contributed by atoms with E-state index in [1.807, 2.05) is 19.0 Å². The molecule has 0 fully saturated rings. The standard InChI is InChI=1S/C6H10ClN3/c1-10(2)6-8-4-5(3-7)9-6/h4H,3H2,1-2H3,(H,8,9). The molecule has 0 saturated heterocycles. The van der Waals surface area contributed by atoms with Crippen molar-refractivity contribution in [2.24, 2.45) is 0 Å². The average molecular weight is 160 g/mol. The maximum Gasteiger partial charge on any atom is 0.202 e. The Morgan fingerprint density at radius 3 is 2.70 bits per heavy atom. The van der Waals surface area contributed by atoms with Crippen LogP contribution in [-0.4, -0.2) is 24.1 Å². The summed E-state index contributed by atoms with van der Waals surface area (Å²) in [6, 6.07) is 0. The summed E-state index contributed by atoms with van der Waals surface area (Å²) < 4.78 is 0. The zero-order valence-corrected chi connectivity index (χ0v) is 6.81. The molecule has 1 rings (SSSR count). The minimum atomic E-state index is 0.487. The second-order valence-corrected chi connectivity index (χ2v) is 2.53. The highest BCUT2D eigenvalue weighted by atomic mass is 35.5. The van der Waals surface area contributed by atoms with Crippen LogP contribution in [0.3, 0.4) is 0 Å². The zero-order chi connectivity index (χ0) is 7.56. The van der Waals surface area contributed by atoms with Gasteiger partial charge >= 0.3 is 0 Å². The fraction of sp³-hybridized carbons (Fsp3) is 0.500. The molecule has 4 heteroatoms. The molecule has 0 aliphatic rings. The average Bonchev–Trinajstić information content (AvgIpc) is 2.34. The molecule has 1 aromatic heterocycles. The summed E-state index contributed by atoms with van der Waals surface area (Å²) in [5.74, 6) is 1.33. The molecule has 1 N–H and O–H groups in total. The van der Waals surface area contributed by atoms with Crippen LogP contribution in [0.1, 0.15) is 5.69 Å². The van der Waals surface area contributed by atoms with Crippen molar-refractivity contribution in [2.75, 3.05) is 19.0 Å². The number of imidazole rings is 1. The van der Waals surface area contributed by atoms with Gasteiger partial charge in [-0.1, -0.05) is 0 Å². The Morgan fingerprint density at radius 2 is 2.40 bits per heavy atom. The molecule has 0 radical (unpaired) electrons. The summed E-state index contributed by atoms with van der Waals surface area (Å²) in [5, 5.41) is 0. The van der Waals surface area contributed by atoms with E-state index < -0.39 is 0 Å². The van der Waals surface area contributed by atoms with E-state index in [1.165, 1.54) is 0 Å². The number of aromatic amines is 1. The van der Waals surface area contributed by atoms with Gasteiger partial charge < -0.3 is 9.88 Å². The largest absolute Gasteiger partial charge is 0.349 e. The van der Waals surface area contributed by atoms with Gasteiger partial charge in [0.15, 0.2) is 0 Å². The lowest BCUT2D eigenvalue weighted by molar-refractivity contribution is 1.03. The van der Waals surface area contributed by atoms with Gasteiger partial charge in [-0.2, -0.15) is 0 Å². The number of H-pyrrole nitrogens is 1. The third-order valence-electron chi connectivity index (χ3n) is 1.18. The molecule has 0 spiro atoms. The normalized spacial score (nSPS) is 9.90. The van der Waals surface area contributed by atoms with Gasteiger partial charge in [-0.15, -0.1) is 11.6 Å². The fourth-order valence-electron chi connectivity index (χ4n) is 0.642. The van der Waals surface area contributed by atoms with Crippen molar-refractivity contribution in [3.8, 4) is 0 Å². The van der Waals surface area contributed by atoms with Crippen molar-refractivity contribution in [3.63, 3.8) is 0 Å². The summed E-state index contributed by atoms with van der Waals surface area (Å²) in [7, 11) is 3.85. The molecular weight excluding hydrogens is 150 g/mol. The predicted octanol–water partition coefficient (Wildman–Crippen LogP) is 1.21. The van der Waals surface area contributed by atoms with E-state index in [0.29, 0.717) is 5.88 Å². The summed E-state index contributed by atoms with van der Waals surface area (Å²) in [5.41, 5.74) is 0.949. The molecule has 1 aromatic rings. The summed E-state index contributed by atoms with van der Waals surface area (Å²) >= 11 is 5.56. The van der Waals surface area contributed by atoms with E-state index >= 15 is 0 Å². The highest BCUT2D eigenvalue weighted by molar-refractivity contribution is 6.16. The highest BCUT2D eigenvalue weighted by Crippen LogP contribution is 2.06. The Balaban J connectivity index is 2.78. The number of hydrogen-bond donors (Lipinski definition) is 1. The highest BCUT2D eigenvalue weighted by Gasteiger charge is 1.98. The van der Waals surface area contributed by atoms with Crippen LogP contribution in [-0.2, 0) is 5.88 Å². The van der Waals surface area contributed by atoms with Gasteiger partial charge in [-0.05, 0) is 0 Å². The van der Waals surface area contributed by atoms with Crippen LogP contribution in [0.5, 0.6) is 0 Å². The van der Waals surface area contributed by atoms with E-state index in [1.54, 1.807) is 6.20 Å². The fourth-order valence-corrected chi connectivity index (χ4v) is 0.778. The van der Waals surface area contributed by atoms with E-state index in [2.05, 4.69) is 9.97 Å². The monoisotopic (exact) mass is 159 g/mol. The summed E-state index contributed by atoms with van der Waals surface area (Å²) in [4.78, 5) is 9.02. The van der Waals surface area contributed by atoms with Gasteiger partial charge in [0, 0.05) is 14.1 Å². The first-order valence-electron chi connectivity index (χ1n) is 3.01. The van der Waals surface area contributed by atoms with Gasteiger partial charge in [0.05, 0.1) is 17.8 Å². The number of rotatable bonds is 2. The van der Waals surface area contributed by atoms with E-state index in [0.717, 1.165) is 11.6 Å². The smallest absolute Gasteiger partial charge is 0.202 e. The number of hydrogen-bond acceptors (Lipinski definition) is 2. The predicted molar refractivity (Wildman–Crippen MR) is 42.5 cm³/mol. The Hall–Kier alpha value is -0.700. The van der Waals surface area contributed by atoms with Gasteiger partial charge in [-0.25, -0.2) is 4.98 Å². The number of anilines is 1. The summed E-state index contributed by atoms with van der Waals surface area (Å²) in [6.07, 6.45) is 1.74. The van der Waals surface area contributed by atoms with Crippen LogP contribution in [0.4, 0.5) is 5.95 Å². The number of nitrogens with one attached hydrogen (secondary N) is 1. The lowest BCUT2D eigenvalue weighted by Gasteiger charge is -2.05. The Labute approximate surface area is 65.0 Å². The SMILES string of the molecule is CN(C)c1ncc(CCl)[nH]1. The van der Waals surface area contributed by atoms with E-state index in [9.17, 15) is 0 Å². The van der Waals surface area contributed by atoms with Crippen LogP contribution in [0.2, 0.25) is 0 Å². The lowest BCUT2D eigenvalue weighted by Crippen LogP contribution is -2.10. The molecular formula is C6H10ClN3. The van der Waals surface area contributed by atoms with Crippen molar-refractivity contribution in [3.05, 3.63) is 11.9 Å². The van der Waals surface area contributed by atoms with Crippen LogP contribution in [0, 0.1) is 0 Å². The number of alkyl halides is 1. The van der Waals surface area contributed by atoms with Crippen molar-refractivity contribution < 1.29 is 0 Å². The molecule has 0 saturated carbocycles. The number of nitrogens with zero attached hydrogens (tertiary/aromatic N) is 2. The minimum absolute atomic E-state index is 0.487. The lowest BCUT2D eigenvalue weighted by atomic mass is 10.6. The Morgan fingerprint density at radius 1 is 1.70 bits per heavy atom. The molecule has 3 nitrogen and oxygen atoms in total. The van der Waals surface area contributed by atoms with Crippen LogP contribution in [0.25, 0.3) is 0 Å². The maximum absolute atomic E-state index is 5.56. The quantitative estimate of drug-likeness (QED) is 0.658. The molecule has 0 aliphatic carbocycles. The van der Waals surface area contributed by atoms with Gasteiger partial charge in [-0.3, -0.25) is 0 Å². The molecule has 1 heterocycles. The molecule has 0 unspecified atom stereocenters. The van der Waals surface area contributed by atoms with Crippen LogP contribution < -0.4 is 4.90 Å². The van der Waals surface area contributed by atoms with E-state index in [4.69, 9.17) is 11.6 Å². The van der Waals surface area contributed by atoms with Gasteiger partial charge in [0.25, 0.3) is 0 Å². The first-order chi connectivity index (χ1) is 4.74. The Kier molecular flexibility index (Phi) is 2.17. The first kappa shape index (κ1) is 7.41. The second kappa shape index (κ2) is 2.92. The summed E-state index contributed by atoms with van der Waals surface area (Å²) in [6.45, 7) is 0. The zero-order valence-electron chi connectivity index (χ0n) is 6.06. The van der Waals surface area contributed by atoms with Crippen molar-refractivity contribution in [1.82, 2.24) is 9.97 Å². The van der Waals surface area contributed by atoms with E-state index in [-0.39, 0.29) is 0 Å². The molecule has 0 aliphatic heterocycles. The number of aromatic nitrogens is 2. The van der Waals surface area contributed by atoms with Crippen molar-refractivity contribution in [1.29, 1.82) is 0 Å². The maximum atomic E-state index is 5.56. The number of halogens is 1. The van der Waals surface area contributed by atoms with Gasteiger partial charge in [0.1, 0.15) is 0 Å². The Bertz CT molecular complexity index is 207. The van der Waals surface area contributed by atoms with Crippen molar-refractivity contribution in [2.45, 2.75) is 5.88 Å². The molecule has 0 atom stereocenters. The molecule has 56 valence electrons. The molecule has 0 amide bonds. The van der Waals surface area contributed by atoms with Gasteiger partial charge in [0.2, 0.25) is 5.95 Å². The van der Waals surface area contributed by atoms with Crippen LogP contribution >= 0.6 is 11.6 Å². The van der Waals surface area contributed by atoms with Crippen molar-refractivity contribution >= 4 is 17.5 Å². The minimum Gasteiger partial charge on any atom is -0.349 e. The third kappa shape index (κ3) is 1.42. The second-order valence-electron chi connectivity index (χ2n) is 2.26. The molecule has 0 bridgehead atoms. The third-order valence-corrected chi connectivity index (χ3v) is 1.47.